The average molecular weight is 863 g/mol. The largest absolute Gasteiger partial charge is 0.465 e. The number of amides is 1. The number of nitrogens with zero attached hydrogens (tertiary/aromatic N) is 3. The molecule has 0 aliphatic carbocycles. The van der Waals surface area contributed by atoms with E-state index in [1.54, 1.807) is 0 Å². The number of esters is 2. The molecule has 1 aliphatic heterocycles. The van der Waals surface area contributed by atoms with Crippen molar-refractivity contribution >= 4 is 17.8 Å². The van der Waals surface area contributed by atoms with Gasteiger partial charge in [0.15, 0.2) is 0 Å². The third kappa shape index (κ3) is 30.9. The zero-order valence-corrected chi connectivity index (χ0v) is 41.4. The zero-order valence-electron chi connectivity index (χ0n) is 41.4. The van der Waals surface area contributed by atoms with Gasteiger partial charge in [-0.1, -0.05) is 157 Å². The molecule has 0 aromatic heterocycles. The van der Waals surface area contributed by atoms with Crippen LogP contribution in [0.3, 0.4) is 0 Å². The monoisotopic (exact) mass is 863 g/mol. The number of nitrogens with one attached hydrogen (secondary N) is 1. The van der Waals surface area contributed by atoms with Gasteiger partial charge in [0.1, 0.15) is 0 Å². The zero-order chi connectivity index (χ0) is 44.6. The molecule has 0 bridgehead atoms. The first-order valence-electron chi connectivity index (χ1n) is 26.6. The molecule has 1 fully saturated rings. The van der Waals surface area contributed by atoms with Crippen LogP contribution in [0.25, 0.3) is 0 Å². The first-order chi connectivity index (χ1) is 29.8. The lowest BCUT2D eigenvalue weighted by molar-refractivity contribution is -0.150. The molecule has 3 unspecified atom stereocenters. The molecule has 3 atom stereocenters. The van der Waals surface area contributed by atoms with Gasteiger partial charge in [0.2, 0.25) is 5.91 Å². The summed E-state index contributed by atoms with van der Waals surface area (Å²) in [7, 11) is 0. The van der Waals surface area contributed by atoms with Gasteiger partial charge in [-0.15, -0.1) is 0 Å². The van der Waals surface area contributed by atoms with Crippen LogP contribution in [0.5, 0.6) is 0 Å². The van der Waals surface area contributed by atoms with E-state index >= 15 is 0 Å². The Balaban J connectivity index is 2.62. The summed E-state index contributed by atoms with van der Waals surface area (Å²) >= 11 is 0. The maximum Gasteiger partial charge on any atom is 0.308 e. The van der Waals surface area contributed by atoms with Gasteiger partial charge in [0, 0.05) is 58.3 Å². The van der Waals surface area contributed by atoms with Crippen LogP contribution in [-0.4, -0.2) is 111 Å². The molecule has 0 spiro atoms. The van der Waals surface area contributed by atoms with E-state index in [2.05, 4.69) is 61.6 Å². The fourth-order valence-corrected chi connectivity index (χ4v) is 8.76. The van der Waals surface area contributed by atoms with Crippen molar-refractivity contribution in [1.29, 1.82) is 0 Å². The number of carbonyl (C=O) groups is 3. The highest BCUT2D eigenvalue weighted by molar-refractivity contribution is 5.78. The van der Waals surface area contributed by atoms with Gasteiger partial charge in [-0.3, -0.25) is 24.2 Å². The summed E-state index contributed by atoms with van der Waals surface area (Å²) in [6.45, 7) is 24.2. The fraction of sp³-hybridized carbons (Fsp3) is 0.942. The number of ether oxygens (including phenoxy) is 2. The normalized spacial score (nSPS) is 15.2. The van der Waals surface area contributed by atoms with E-state index in [9.17, 15) is 14.4 Å². The smallest absolute Gasteiger partial charge is 0.308 e. The second-order valence-electron chi connectivity index (χ2n) is 18.6. The van der Waals surface area contributed by atoms with Crippen molar-refractivity contribution in [2.45, 2.75) is 221 Å². The Morgan fingerprint density at radius 2 is 0.820 bits per heavy atom. The molecule has 1 N–H and O–H groups in total. The Hall–Kier alpha value is -1.71. The lowest BCUT2D eigenvalue weighted by atomic mass is 9.94. The maximum absolute atomic E-state index is 13.1. The van der Waals surface area contributed by atoms with Crippen LogP contribution in [0.1, 0.15) is 221 Å². The predicted molar refractivity (Wildman–Crippen MR) is 258 cm³/mol. The Kier molecular flexibility index (Phi) is 38.5. The summed E-state index contributed by atoms with van der Waals surface area (Å²) in [5.41, 5.74) is 0. The van der Waals surface area contributed by atoms with Crippen molar-refractivity contribution in [1.82, 2.24) is 20.0 Å². The second kappa shape index (κ2) is 41.0. The van der Waals surface area contributed by atoms with E-state index in [0.717, 1.165) is 187 Å². The minimum absolute atomic E-state index is 0.0183. The lowest BCUT2D eigenvalue weighted by Crippen LogP contribution is -2.50. The van der Waals surface area contributed by atoms with Crippen LogP contribution in [0, 0.1) is 17.8 Å². The first kappa shape index (κ1) is 57.3. The number of rotatable bonds is 43. The number of hydrogen-bond acceptors (Lipinski definition) is 8. The SMILES string of the molecule is CCCCCCC(CCCC)C(=O)NCCN1CCN(CCN(CCCCOC(=O)C(CCCC)CCCCCC)CCCCOC(=O)C(CCCC)CCCCCC)CC1. The van der Waals surface area contributed by atoms with Crippen LogP contribution in [0.15, 0.2) is 0 Å². The lowest BCUT2D eigenvalue weighted by Gasteiger charge is -2.36. The van der Waals surface area contributed by atoms with Crippen LogP contribution >= 0.6 is 0 Å². The molecular formula is C52H102N4O5. The van der Waals surface area contributed by atoms with Crippen molar-refractivity contribution in [2.24, 2.45) is 17.8 Å². The minimum atomic E-state index is 0.0183. The molecule has 9 nitrogen and oxygen atoms in total. The number of unbranched alkanes of at least 4 members (excludes halogenated alkanes) is 14. The highest BCUT2D eigenvalue weighted by Gasteiger charge is 2.22. The molecule has 61 heavy (non-hydrogen) atoms. The van der Waals surface area contributed by atoms with Crippen molar-refractivity contribution in [3.05, 3.63) is 0 Å². The summed E-state index contributed by atoms with van der Waals surface area (Å²) in [6.07, 6.45) is 30.8. The molecule has 1 heterocycles. The van der Waals surface area contributed by atoms with Crippen LogP contribution < -0.4 is 5.32 Å². The van der Waals surface area contributed by atoms with Gasteiger partial charge >= 0.3 is 11.9 Å². The second-order valence-corrected chi connectivity index (χ2v) is 18.6. The standard InChI is InChI=1S/C52H102N4O5/c1-7-13-19-22-32-47(29-16-10-4)50(57)53-35-38-55-40-43-56(44-41-55)42-39-54(36-25-27-45-60-51(58)48(30-17-11-5)33-23-20-14-8-2)37-26-28-46-61-52(59)49(31-18-12-6)34-24-21-15-9-3/h47-49H,7-46H2,1-6H3,(H,53,57). The topological polar surface area (TPSA) is 91.4 Å². The molecule has 1 aliphatic rings. The molecular weight excluding hydrogens is 761 g/mol. The van der Waals surface area contributed by atoms with Crippen molar-refractivity contribution in [3.63, 3.8) is 0 Å². The summed E-state index contributed by atoms with van der Waals surface area (Å²) in [5, 5.41) is 3.30. The van der Waals surface area contributed by atoms with Crippen molar-refractivity contribution < 1.29 is 23.9 Å². The Labute approximate surface area is 378 Å². The van der Waals surface area contributed by atoms with E-state index < -0.39 is 0 Å². The highest BCUT2D eigenvalue weighted by atomic mass is 16.5. The van der Waals surface area contributed by atoms with Crippen LogP contribution in [0.2, 0.25) is 0 Å². The van der Waals surface area contributed by atoms with E-state index in [4.69, 9.17) is 9.47 Å². The highest BCUT2D eigenvalue weighted by Crippen LogP contribution is 2.21. The van der Waals surface area contributed by atoms with Gasteiger partial charge in [0.25, 0.3) is 0 Å². The maximum atomic E-state index is 13.1. The third-order valence-corrected chi connectivity index (χ3v) is 13.1. The number of carbonyl (C=O) groups excluding carboxylic acids is 3. The molecule has 0 saturated carbocycles. The Morgan fingerprint density at radius 3 is 1.25 bits per heavy atom. The van der Waals surface area contributed by atoms with Gasteiger partial charge in [-0.25, -0.2) is 0 Å². The van der Waals surface area contributed by atoms with E-state index in [0.29, 0.717) is 13.2 Å². The summed E-state index contributed by atoms with van der Waals surface area (Å²) in [4.78, 5) is 46.8. The fourth-order valence-electron chi connectivity index (χ4n) is 8.76. The predicted octanol–water partition coefficient (Wildman–Crippen LogP) is 12.0. The quantitative estimate of drug-likeness (QED) is 0.0479. The molecule has 1 rings (SSSR count). The van der Waals surface area contributed by atoms with Gasteiger partial charge in [-0.05, 0) is 77.3 Å². The molecule has 9 heteroatoms. The average Bonchev–Trinajstić information content (AvgIpc) is 3.27. The molecule has 0 aromatic carbocycles. The molecule has 0 aromatic rings. The van der Waals surface area contributed by atoms with E-state index in [1.807, 2.05) is 0 Å². The summed E-state index contributed by atoms with van der Waals surface area (Å²) in [6, 6.07) is 0. The van der Waals surface area contributed by atoms with Crippen LogP contribution in [-0.2, 0) is 23.9 Å². The molecule has 1 saturated heterocycles. The van der Waals surface area contributed by atoms with Crippen molar-refractivity contribution in [2.75, 3.05) is 78.7 Å². The molecule has 360 valence electrons. The number of piperazine rings is 1. The third-order valence-electron chi connectivity index (χ3n) is 13.1. The minimum Gasteiger partial charge on any atom is -0.465 e. The Morgan fingerprint density at radius 1 is 0.443 bits per heavy atom. The molecule has 1 amide bonds. The van der Waals surface area contributed by atoms with Gasteiger partial charge in [0.05, 0.1) is 25.0 Å². The van der Waals surface area contributed by atoms with E-state index in [-0.39, 0.29) is 35.6 Å². The summed E-state index contributed by atoms with van der Waals surface area (Å²) < 4.78 is 11.7. The number of hydrogen-bond donors (Lipinski definition) is 1. The Bertz CT molecular complexity index is 976. The van der Waals surface area contributed by atoms with Gasteiger partial charge < -0.3 is 19.7 Å². The van der Waals surface area contributed by atoms with Crippen molar-refractivity contribution in [3.8, 4) is 0 Å². The molecule has 0 radical (unpaired) electrons. The first-order valence-corrected chi connectivity index (χ1v) is 26.6. The summed E-state index contributed by atoms with van der Waals surface area (Å²) in [5.74, 6) is 0.579. The van der Waals surface area contributed by atoms with E-state index in [1.165, 1.54) is 57.8 Å². The van der Waals surface area contributed by atoms with Crippen LogP contribution in [0.4, 0.5) is 0 Å². The van der Waals surface area contributed by atoms with Gasteiger partial charge in [-0.2, -0.15) is 0 Å².